The molecule has 1 aliphatic carbocycles. The third kappa shape index (κ3) is 5.72. The van der Waals surface area contributed by atoms with E-state index in [0.717, 1.165) is 36.6 Å². The second-order valence-electron chi connectivity index (χ2n) is 5.77. The Morgan fingerprint density at radius 3 is 2.74 bits per heavy atom. The van der Waals surface area contributed by atoms with Crippen molar-refractivity contribution in [2.24, 2.45) is 0 Å². The predicted molar refractivity (Wildman–Crippen MR) is 94.6 cm³/mol. The Balaban J connectivity index is 1.80. The number of nitriles is 1. The number of benzene rings is 1. The summed E-state index contributed by atoms with van der Waals surface area (Å²) in [7, 11) is 0. The number of carbonyl (C=O) groups is 1. The van der Waals surface area contributed by atoms with Gasteiger partial charge >= 0.3 is 0 Å². The van der Waals surface area contributed by atoms with Crippen LogP contribution in [0.3, 0.4) is 0 Å². The van der Waals surface area contributed by atoms with Gasteiger partial charge in [-0.1, -0.05) is 53.4 Å². The van der Waals surface area contributed by atoms with E-state index in [1.165, 1.54) is 18.2 Å². The highest BCUT2D eigenvalue weighted by Gasteiger charge is 2.17. The summed E-state index contributed by atoms with van der Waals surface area (Å²) in [6.45, 7) is 0.671. The molecular formula is C18H22BrN3O. The first-order chi connectivity index (χ1) is 11.2. The molecule has 2 N–H and O–H groups in total. The molecule has 0 unspecified atom stereocenters. The Kier molecular flexibility index (Phi) is 7.15. The highest BCUT2D eigenvalue weighted by molar-refractivity contribution is 9.10. The summed E-state index contributed by atoms with van der Waals surface area (Å²) in [5.41, 5.74) is 1.33. The summed E-state index contributed by atoms with van der Waals surface area (Å²) in [6, 6.07) is 10.2. The van der Waals surface area contributed by atoms with Gasteiger partial charge in [-0.15, -0.1) is 0 Å². The molecule has 1 aliphatic rings. The number of hydrogen-bond acceptors (Lipinski definition) is 3. The Hall–Kier alpha value is -1.80. The number of amides is 1. The van der Waals surface area contributed by atoms with Gasteiger partial charge in [0.15, 0.2) is 0 Å². The molecule has 0 radical (unpaired) electrons. The fourth-order valence-corrected chi connectivity index (χ4v) is 3.22. The maximum Gasteiger partial charge on any atom is 0.263 e. The van der Waals surface area contributed by atoms with Crippen LogP contribution < -0.4 is 10.6 Å². The molecule has 1 fully saturated rings. The minimum Gasteiger partial charge on any atom is -0.389 e. The molecule has 0 bridgehead atoms. The van der Waals surface area contributed by atoms with Crippen molar-refractivity contribution in [3.8, 4) is 6.07 Å². The zero-order chi connectivity index (χ0) is 16.5. The van der Waals surface area contributed by atoms with Gasteiger partial charge in [0.1, 0.15) is 11.6 Å². The topological polar surface area (TPSA) is 64.9 Å². The van der Waals surface area contributed by atoms with E-state index in [9.17, 15) is 4.79 Å². The molecule has 122 valence electrons. The zero-order valence-electron chi connectivity index (χ0n) is 13.1. The third-order valence-corrected chi connectivity index (χ3v) is 4.82. The number of rotatable bonds is 6. The SMILES string of the molecule is N#C/C(=C/NCCc1ccccc1Br)C(=O)NC1CCCCC1. The van der Waals surface area contributed by atoms with Crippen molar-refractivity contribution in [1.29, 1.82) is 5.26 Å². The van der Waals surface area contributed by atoms with Crippen LogP contribution in [0.2, 0.25) is 0 Å². The van der Waals surface area contributed by atoms with Gasteiger partial charge in [0, 0.05) is 23.3 Å². The Labute approximate surface area is 146 Å². The number of halogens is 1. The van der Waals surface area contributed by atoms with Crippen LogP contribution in [0, 0.1) is 11.3 Å². The van der Waals surface area contributed by atoms with Gasteiger partial charge in [-0.3, -0.25) is 4.79 Å². The first kappa shape index (κ1) is 17.6. The van der Waals surface area contributed by atoms with Gasteiger partial charge in [0.2, 0.25) is 0 Å². The third-order valence-electron chi connectivity index (χ3n) is 4.05. The van der Waals surface area contributed by atoms with Crippen LogP contribution in [0.25, 0.3) is 0 Å². The van der Waals surface area contributed by atoms with E-state index in [0.29, 0.717) is 6.54 Å². The van der Waals surface area contributed by atoms with Crippen molar-refractivity contribution in [3.05, 3.63) is 46.1 Å². The Bertz CT molecular complexity index is 601. The van der Waals surface area contributed by atoms with Crippen LogP contribution in [-0.4, -0.2) is 18.5 Å². The molecular weight excluding hydrogens is 354 g/mol. The van der Waals surface area contributed by atoms with E-state index in [-0.39, 0.29) is 17.5 Å². The van der Waals surface area contributed by atoms with Gasteiger partial charge in [-0.25, -0.2) is 0 Å². The summed E-state index contributed by atoms with van der Waals surface area (Å²) < 4.78 is 1.07. The number of hydrogen-bond donors (Lipinski definition) is 2. The van der Waals surface area contributed by atoms with Crippen LogP contribution in [0.15, 0.2) is 40.5 Å². The van der Waals surface area contributed by atoms with E-state index in [1.54, 1.807) is 0 Å². The van der Waals surface area contributed by atoms with Crippen molar-refractivity contribution < 1.29 is 4.79 Å². The van der Waals surface area contributed by atoms with E-state index in [4.69, 9.17) is 5.26 Å². The van der Waals surface area contributed by atoms with Crippen LogP contribution in [-0.2, 0) is 11.2 Å². The summed E-state index contributed by atoms with van der Waals surface area (Å²) in [5, 5.41) is 15.2. The first-order valence-electron chi connectivity index (χ1n) is 8.08. The monoisotopic (exact) mass is 375 g/mol. The average Bonchev–Trinajstić information content (AvgIpc) is 2.57. The normalized spacial score (nSPS) is 15.7. The van der Waals surface area contributed by atoms with Crippen molar-refractivity contribution >= 4 is 21.8 Å². The lowest BCUT2D eigenvalue weighted by Crippen LogP contribution is -2.37. The van der Waals surface area contributed by atoms with Crippen molar-refractivity contribution in [1.82, 2.24) is 10.6 Å². The number of nitrogens with zero attached hydrogens (tertiary/aromatic N) is 1. The second kappa shape index (κ2) is 9.36. The highest BCUT2D eigenvalue weighted by Crippen LogP contribution is 2.18. The molecule has 1 aromatic carbocycles. The lowest BCUT2D eigenvalue weighted by molar-refractivity contribution is -0.118. The van der Waals surface area contributed by atoms with E-state index in [2.05, 4.69) is 32.6 Å². The van der Waals surface area contributed by atoms with Crippen LogP contribution in [0.4, 0.5) is 0 Å². The van der Waals surface area contributed by atoms with Crippen molar-refractivity contribution in [2.75, 3.05) is 6.54 Å². The fraction of sp³-hybridized carbons (Fsp3) is 0.444. The molecule has 0 spiro atoms. The quantitative estimate of drug-likeness (QED) is 0.454. The fourth-order valence-electron chi connectivity index (χ4n) is 2.74. The Morgan fingerprint density at radius 2 is 2.04 bits per heavy atom. The minimum absolute atomic E-state index is 0.141. The Morgan fingerprint density at radius 1 is 1.30 bits per heavy atom. The maximum absolute atomic E-state index is 12.1. The molecule has 5 heteroatoms. The summed E-state index contributed by atoms with van der Waals surface area (Å²) in [6.07, 6.45) is 7.92. The lowest BCUT2D eigenvalue weighted by Gasteiger charge is -2.22. The van der Waals surface area contributed by atoms with Crippen molar-refractivity contribution in [3.63, 3.8) is 0 Å². The van der Waals surface area contributed by atoms with E-state index >= 15 is 0 Å². The molecule has 23 heavy (non-hydrogen) atoms. The van der Waals surface area contributed by atoms with Gasteiger partial charge in [-0.05, 0) is 30.9 Å². The van der Waals surface area contributed by atoms with Crippen LogP contribution in [0.5, 0.6) is 0 Å². The van der Waals surface area contributed by atoms with Crippen LogP contribution in [0.1, 0.15) is 37.7 Å². The molecule has 0 atom stereocenters. The van der Waals surface area contributed by atoms with Gasteiger partial charge in [-0.2, -0.15) is 5.26 Å². The molecule has 0 aromatic heterocycles. The largest absolute Gasteiger partial charge is 0.389 e. The molecule has 2 rings (SSSR count). The van der Waals surface area contributed by atoms with Gasteiger partial charge in [0.25, 0.3) is 5.91 Å². The molecule has 1 saturated carbocycles. The molecule has 0 heterocycles. The number of nitrogens with one attached hydrogen (secondary N) is 2. The smallest absolute Gasteiger partial charge is 0.263 e. The highest BCUT2D eigenvalue weighted by atomic mass is 79.9. The maximum atomic E-state index is 12.1. The summed E-state index contributed by atoms with van der Waals surface area (Å²) >= 11 is 3.51. The van der Waals surface area contributed by atoms with E-state index in [1.807, 2.05) is 24.3 Å². The van der Waals surface area contributed by atoms with Crippen molar-refractivity contribution in [2.45, 2.75) is 44.6 Å². The summed E-state index contributed by atoms with van der Waals surface area (Å²) in [5.74, 6) is -0.271. The molecule has 1 aromatic rings. The van der Waals surface area contributed by atoms with Gasteiger partial charge in [0.05, 0.1) is 0 Å². The van der Waals surface area contributed by atoms with Crippen LogP contribution >= 0.6 is 15.9 Å². The predicted octanol–water partition coefficient (Wildman–Crippen LogP) is 3.44. The average molecular weight is 376 g/mol. The number of carbonyl (C=O) groups excluding carboxylic acids is 1. The van der Waals surface area contributed by atoms with Gasteiger partial charge < -0.3 is 10.6 Å². The molecule has 0 aliphatic heterocycles. The summed E-state index contributed by atoms with van der Waals surface area (Å²) in [4.78, 5) is 12.1. The first-order valence-corrected chi connectivity index (χ1v) is 8.88. The lowest BCUT2D eigenvalue weighted by atomic mass is 9.95. The molecule has 4 nitrogen and oxygen atoms in total. The molecule has 1 amide bonds. The standard InChI is InChI=1S/C18H22BrN3O/c19-17-9-5-4-6-14(17)10-11-21-13-15(12-20)18(23)22-16-7-2-1-3-8-16/h4-6,9,13,16,21H,1-3,7-8,10-11H2,(H,22,23)/b15-13-. The molecule has 0 saturated heterocycles. The minimum atomic E-state index is -0.271. The second-order valence-corrected chi connectivity index (χ2v) is 6.63. The zero-order valence-corrected chi connectivity index (χ0v) is 14.7. The van der Waals surface area contributed by atoms with E-state index < -0.39 is 0 Å².